The predicted octanol–water partition coefficient (Wildman–Crippen LogP) is 4.61. The lowest BCUT2D eigenvalue weighted by molar-refractivity contribution is 0.111. The van der Waals surface area contributed by atoms with Crippen molar-refractivity contribution in [2.45, 2.75) is 0 Å². The van der Waals surface area contributed by atoms with Crippen molar-refractivity contribution in [3.05, 3.63) is 83.9 Å². The van der Waals surface area contributed by atoms with Gasteiger partial charge in [0.15, 0.2) is 12.6 Å². The van der Waals surface area contributed by atoms with Gasteiger partial charge < -0.3 is 9.31 Å². The molecule has 27 heavy (non-hydrogen) atoms. The van der Waals surface area contributed by atoms with Crippen LogP contribution >= 0.6 is 0 Å². The molecule has 0 saturated carbocycles. The highest BCUT2D eigenvalue weighted by molar-refractivity contribution is 6.22. The molecule has 1 radical (unpaired) electrons. The summed E-state index contributed by atoms with van der Waals surface area (Å²) in [6.07, 6.45) is 1.65. The zero-order valence-corrected chi connectivity index (χ0v) is 14.3. The second-order valence-corrected chi connectivity index (χ2v) is 5.96. The summed E-state index contributed by atoms with van der Waals surface area (Å²) in [5.74, 6) is 1.18. The molecule has 0 N–H and O–H groups in total. The van der Waals surface area contributed by atoms with Gasteiger partial charge in [0.05, 0.1) is 0 Å². The van der Waals surface area contributed by atoms with Crippen LogP contribution in [0.2, 0.25) is 0 Å². The number of hydrogen-bond donors (Lipinski definition) is 0. The first-order valence-corrected chi connectivity index (χ1v) is 8.40. The first kappa shape index (κ1) is 16.9. The fraction of sp³-hybridized carbons (Fsp3) is 0. The third-order valence-electron chi connectivity index (χ3n) is 4.44. The zero-order valence-electron chi connectivity index (χ0n) is 14.3. The maximum atomic E-state index is 11.2. The molecule has 0 atom stereocenters. The summed E-state index contributed by atoms with van der Waals surface area (Å²) in [6.45, 7) is 0. The molecule has 4 aromatic rings. The Morgan fingerprint density at radius 2 is 0.963 bits per heavy atom. The second-order valence-electron chi connectivity index (χ2n) is 5.96. The highest BCUT2D eigenvalue weighted by atomic mass is 16.6. The second kappa shape index (κ2) is 7.34. The molecule has 0 aromatic heterocycles. The molecule has 4 nitrogen and oxygen atoms in total. The number of hydrogen-bond acceptors (Lipinski definition) is 4. The molecular weight excluding hydrogens is 339 g/mol. The van der Waals surface area contributed by atoms with Gasteiger partial charge in [-0.1, -0.05) is 48.5 Å². The minimum Gasteiger partial charge on any atom is -0.526 e. The topological polar surface area (TPSA) is 52.6 Å². The largest absolute Gasteiger partial charge is 0.658 e. The van der Waals surface area contributed by atoms with Gasteiger partial charge in [0.25, 0.3) is 0 Å². The minimum atomic E-state index is 0.588. The van der Waals surface area contributed by atoms with E-state index in [1.54, 1.807) is 24.3 Å². The Morgan fingerprint density at radius 1 is 0.556 bits per heavy atom. The molecule has 0 bridgehead atoms. The average Bonchev–Trinajstić information content (AvgIpc) is 2.74. The number of carbonyl (C=O) groups excluding carboxylic acids is 2. The van der Waals surface area contributed by atoms with Crippen molar-refractivity contribution in [2.24, 2.45) is 0 Å². The lowest BCUT2D eigenvalue weighted by Gasteiger charge is -2.12. The third kappa shape index (κ3) is 3.15. The van der Waals surface area contributed by atoms with Gasteiger partial charge in [-0.2, -0.15) is 0 Å². The quantitative estimate of drug-likeness (QED) is 0.375. The number of fused-ring (bicyclic) bond motifs is 2. The van der Waals surface area contributed by atoms with Gasteiger partial charge in [0.2, 0.25) is 0 Å². The Morgan fingerprint density at radius 3 is 1.37 bits per heavy atom. The van der Waals surface area contributed by atoms with Gasteiger partial charge in [0, 0.05) is 21.9 Å². The van der Waals surface area contributed by atoms with E-state index in [-0.39, 0.29) is 0 Å². The summed E-state index contributed by atoms with van der Waals surface area (Å²) < 4.78 is 11.4. The number of carbonyl (C=O) groups is 2. The van der Waals surface area contributed by atoms with E-state index in [2.05, 4.69) is 0 Å². The summed E-state index contributed by atoms with van der Waals surface area (Å²) >= 11 is 0. The van der Waals surface area contributed by atoms with E-state index in [4.69, 9.17) is 9.31 Å². The maximum Gasteiger partial charge on any atom is 0.658 e. The molecule has 0 aliphatic carbocycles. The van der Waals surface area contributed by atoms with Crippen LogP contribution in [0.15, 0.2) is 72.8 Å². The third-order valence-corrected chi connectivity index (χ3v) is 4.44. The fourth-order valence-corrected chi connectivity index (χ4v) is 3.13. The molecule has 0 heterocycles. The molecule has 0 aliphatic rings. The molecule has 0 saturated heterocycles. The Hall–Kier alpha value is -3.60. The Balaban J connectivity index is 1.60. The van der Waals surface area contributed by atoms with Crippen LogP contribution in [0.5, 0.6) is 11.5 Å². The summed E-state index contributed by atoms with van der Waals surface area (Å²) in [7, 11) is 1.25. The molecule has 0 aliphatic heterocycles. The van der Waals surface area contributed by atoms with E-state index in [1.807, 2.05) is 48.5 Å². The van der Waals surface area contributed by atoms with Crippen molar-refractivity contribution in [1.29, 1.82) is 0 Å². The molecule has 0 fully saturated rings. The van der Waals surface area contributed by atoms with Crippen LogP contribution in [-0.4, -0.2) is 20.3 Å². The van der Waals surface area contributed by atoms with Crippen molar-refractivity contribution < 1.29 is 18.9 Å². The molecule has 0 spiro atoms. The molecular formula is C22H14BO4. The molecule has 129 valence electrons. The predicted molar refractivity (Wildman–Crippen MR) is 106 cm³/mol. The number of benzene rings is 4. The van der Waals surface area contributed by atoms with Gasteiger partial charge in [0.1, 0.15) is 11.5 Å². The average molecular weight is 353 g/mol. The highest BCUT2D eigenvalue weighted by Crippen LogP contribution is 2.29. The smallest absolute Gasteiger partial charge is 0.526 e. The SMILES string of the molecule is O=Cc1ccc(O[B]Oc2ccc(C=O)c3ccccc23)c2ccccc12. The lowest BCUT2D eigenvalue weighted by Crippen LogP contribution is -2.11. The molecule has 5 heteroatoms. The van der Waals surface area contributed by atoms with Crippen molar-refractivity contribution >= 4 is 41.8 Å². The Labute approximate surface area is 156 Å². The van der Waals surface area contributed by atoms with Crippen LogP contribution < -0.4 is 9.31 Å². The van der Waals surface area contributed by atoms with E-state index >= 15 is 0 Å². The summed E-state index contributed by atoms with van der Waals surface area (Å²) in [5, 5.41) is 3.28. The van der Waals surface area contributed by atoms with E-state index in [0.29, 0.717) is 22.6 Å². The van der Waals surface area contributed by atoms with Gasteiger partial charge in [-0.15, -0.1) is 0 Å². The standard InChI is InChI=1S/C22H14BO4/c24-13-15-9-11-21(19-7-3-1-5-17(15)19)26-23-27-22-12-10-16(14-25)18-6-2-4-8-20(18)22/h1-14H. The summed E-state index contributed by atoms with van der Waals surface area (Å²) in [4.78, 5) is 22.4. The maximum absolute atomic E-state index is 11.2. The van der Waals surface area contributed by atoms with Crippen LogP contribution in [0.1, 0.15) is 20.7 Å². The van der Waals surface area contributed by atoms with Crippen molar-refractivity contribution in [2.75, 3.05) is 0 Å². The minimum absolute atomic E-state index is 0.588. The van der Waals surface area contributed by atoms with Crippen molar-refractivity contribution in [3.8, 4) is 11.5 Å². The monoisotopic (exact) mass is 353 g/mol. The molecule has 4 aromatic carbocycles. The first-order valence-electron chi connectivity index (χ1n) is 8.40. The Kier molecular flexibility index (Phi) is 4.58. The van der Waals surface area contributed by atoms with Crippen LogP contribution in [0.3, 0.4) is 0 Å². The molecule has 0 unspecified atom stereocenters. The van der Waals surface area contributed by atoms with Crippen LogP contribution in [0.25, 0.3) is 21.5 Å². The highest BCUT2D eigenvalue weighted by Gasteiger charge is 2.11. The van der Waals surface area contributed by atoms with Gasteiger partial charge >= 0.3 is 7.69 Å². The summed E-state index contributed by atoms with van der Waals surface area (Å²) in [5.41, 5.74) is 1.21. The van der Waals surface area contributed by atoms with Gasteiger partial charge in [-0.05, 0) is 35.0 Å². The van der Waals surface area contributed by atoms with E-state index < -0.39 is 0 Å². The van der Waals surface area contributed by atoms with E-state index in [0.717, 1.165) is 34.1 Å². The first-order chi connectivity index (χ1) is 13.3. The molecule has 4 rings (SSSR count). The lowest BCUT2D eigenvalue weighted by atomic mass is 10.0. The molecule has 0 amide bonds. The number of rotatable bonds is 6. The number of aldehydes is 2. The van der Waals surface area contributed by atoms with Crippen LogP contribution in [-0.2, 0) is 0 Å². The van der Waals surface area contributed by atoms with E-state index in [9.17, 15) is 9.59 Å². The van der Waals surface area contributed by atoms with Crippen molar-refractivity contribution in [1.82, 2.24) is 0 Å². The van der Waals surface area contributed by atoms with E-state index in [1.165, 1.54) is 7.69 Å². The van der Waals surface area contributed by atoms with Gasteiger partial charge in [-0.25, -0.2) is 0 Å². The normalized spacial score (nSPS) is 10.5. The summed E-state index contributed by atoms with van der Waals surface area (Å²) in [6, 6.07) is 21.9. The Bertz CT molecular complexity index is 1060. The van der Waals surface area contributed by atoms with Crippen molar-refractivity contribution in [3.63, 3.8) is 0 Å². The zero-order chi connectivity index (χ0) is 18.6. The van der Waals surface area contributed by atoms with Crippen LogP contribution in [0.4, 0.5) is 0 Å². The van der Waals surface area contributed by atoms with Crippen LogP contribution in [0, 0.1) is 0 Å². The fourth-order valence-electron chi connectivity index (χ4n) is 3.13. The van der Waals surface area contributed by atoms with Gasteiger partial charge in [-0.3, -0.25) is 9.59 Å².